The van der Waals surface area contributed by atoms with Crippen molar-refractivity contribution in [3.63, 3.8) is 0 Å². The molecule has 0 aliphatic rings. The number of pyridine rings is 1. The highest BCUT2D eigenvalue weighted by Gasteiger charge is 2.04. The summed E-state index contributed by atoms with van der Waals surface area (Å²) in [5, 5.41) is 10.3. The quantitative estimate of drug-likeness (QED) is 0.850. The van der Waals surface area contributed by atoms with Gasteiger partial charge in [0.05, 0.1) is 5.02 Å². The van der Waals surface area contributed by atoms with E-state index in [-0.39, 0.29) is 5.91 Å². The number of carbonyl (C=O) groups is 1. The second kappa shape index (κ2) is 5.01. The zero-order chi connectivity index (χ0) is 12.3. The molecule has 0 fully saturated rings. The lowest BCUT2D eigenvalue weighted by Crippen LogP contribution is -2.21. The van der Waals surface area contributed by atoms with Crippen molar-refractivity contribution in [2.24, 2.45) is 0 Å². The predicted molar refractivity (Wildman–Crippen MR) is 65.2 cm³/mol. The van der Waals surface area contributed by atoms with Gasteiger partial charge in [-0.2, -0.15) is 4.98 Å². The van der Waals surface area contributed by atoms with Crippen LogP contribution in [0.15, 0.2) is 18.3 Å². The zero-order valence-corrected chi connectivity index (χ0v) is 10.0. The summed E-state index contributed by atoms with van der Waals surface area (Å²) in [5.41, 5.74) is 0.705. The van der Waals surface area contributed by atoms with E-state index in [1.54, 1.807) is 29.9 Å². The third kappa shape index (κ3) is 2.85. The Labute approximate surface area is 103 Å². The van der Waals surface area contributed by atoms with Crippen molar-refractivity contribution in [1.29, 1.82) is 0 Å². The number of hydrogen-bond donors (Lipinski definition) is 2. The highest BCUT2D eigenvalue weighted by atomic mass is 35.5. The molecule has 2 rings (SSSR count). The van der Waals surface area contributed by atoms with Gasteiger partial charge in [0.2, 0.25) is 11.9 Å². The number of rotatable bonds is 4. The van der Waals surface area contributed by atoms with E-state index in [9.17, 15) is 4.79 Å². The summed E-state index contributed by atoms with van der Waals surface area (Å²) >= 11 is 5.83. The number of carbonyl (C=O) groups excluding carboxylic acids is 1. The zero-order valence-electron chi connectivity index (χ0n) is 9.27. The number of nitrogens with zero attached hydrogens (tertiary/aromatic N) is 3. The number of hydrogen-bond acceptors (Lipinski definition) is 4. The number of anilines is 1. The van der Waals surface area contributed by atoms with E-state index < -0.39 is 0 Å². The summed E-state index contributed by atoms with van der Waals surface area (Å²) in [6, 6.07) is 3.53. The van der Waals surface area contributed by atoms with E-state index in [0.29, 0.717) is 29.6 Å². The molecule has 0 aliphatic heterocycles. The molecule has 0 spiro atoms. The van der Waals surface area contributed by atoms with Crippen LogP contribution in [0.25, 0.3) is 5.65 Å². The van der Waals surface area contributed by atoms with Crippen LogP contribution in [-0.4, -0.2) is 34.1 Å². The van der Waals surface area contributed by atoms with Gasteiger partial charge in [0.1, 0.15) is 0 Å². The summed E-state index contributed by atoms with van der Waals surface area (Å²) in [6.07, 6.45) is 2.06. The van der Waals surface area contributed by atoms with Gasteiger partial charge in [-0.15, -0.1) is 5.10 Å². The second-order valence-corrected chi connectivity index (χ2v) is 3.87. The topological polar surface area (TPSA) is 71.3 Å². The second-order valence-electron chi connectivity index (χ2n) is 3.44. The first-order chi connectivity index (χ1) is 8.19. The first kappa shape index (κ1) is 11.7. The maximum Gasteiger partial charge on any atom is 0.243 e. The number of halogens is 1. The highest BCUT2D eigenvalue weighted by molar-refractivity contribution is 6.30. The monoisotopic (exact) mass is 253 g/mol. The maximum absolute atomic E-state index is 11.0. The molecular formula is C10H12ClN5O. The average molecular weight is 254 g/mol. The van der Waals surface area contributed by atoms with Crippen molar-refractivity contribution < 1.29 is 4.79 Å². The van der Waals surface area contributed by atoms with Gasteiger partial charge in [-0.05, 0) is 12.1 Å². The molecule has 2 aromatic heterocycles. The molecule has 0 aliphatic carbocycles. The van der Waals surface area contributed by atoms with Crippen LogP contribution in [0.3, 0.4) is 0 Å². The van der Waals surface area contributed by atoms with E-state index in [1.165, 1.54) is 0 Å². The number of nitrogens with one attached hydrogen (secondary N) is 2. The molecule has 2 N–H and O–H groups in total. The van der Waals surface area contributed by atoms with Gasteiger partial charge in [-0.25, -0.2) is 4.52 Å². The fourth-order valence-corrected chi connectivity index (χ4v) is 1.50. The predicted octanol–water partition coefficient (Wildman–Crippen LogP) is 0.931. The molecule has 2 heterocycles. The maximum atomic E-state index is 11.0. The van der Waals surface area contributed by atoms with E-state index in [1.807, 2.05) is 0 Å². The fraction of sp³-hybridized carbons (Fsp3) is 0.300. The summed E-state index contributed by atoms with van der Waals surface area (Å²) in [4.78, 5) is 15.2. The SMILES string of the molecule is CNC(=O)CCNc1nc2ccc(Cl)cn2n1. The van der Waals surface area contributed by atoms with Crippen molar-refractivity contribution in [1.82, 2.24) is 19.9 Å². The van der Waals surface area contributed by atoms with E-state index in [0.717, 1.165) is 0 Å². The molecule has 90 valence electrons. The number of fused-ring (bicyclic) bond motifs is 1. The Bertz CT molecular complexity index is 538. The van der Waals surface area contributed by atoms with Crippen molar-refractivity contribution in [2.75, 3.05) is 18.9 Å². The summed E-state index contributed by atoms with van der Waals surface area (Å²) in [5.74, 6) is 0.459. The molecule has 17 heavy (non-hydrogen) atoms. The minimum Gasteiger partial charge on any atom is -0.359 e. The van der Waals surface area contributed by atoms with Crippen LogP contribution in [-0.2, 0) is 4.79 Å². The van der Waals surface area contributed by atoms with Crippen LogP contribution >= 0.6 is 11.6 Å². The van der Waals surface area contributed by atoms with Gasteiger partial charge >= 0.3 is 0 Å². The molecule has 0 radical (unpaired) electrons. The largest absolute Gasteiger partial charge is 0.359 e. The van der Waals surface area contributed by atoms with Crippen LogP contribution in [0, 0.1) is 0 Å². The van der Waals surface area contributed by atoms with Crippen LogP contribution in [0.5, 0.6) is 0 Å². The molecule has 0 saturated heterocycles. The van der Waals surface area contributed by atoms with Gasteiger partial charge in [0.25, 0.3) is 0 Å². The number of amides is 1. The third-order valence-electron chi connectivity index (χ3n) is 2.21. The lowest BCUT2D eigenvalue weighted by molar-refractivity contribution is -0.120. The molecule has 0 bridgehead atoms. The Morgan fingerprint density at radius 1 is 1.53 bits per heavy atom. The lowest BCUT2D eigenvalue weighted by Gasteiger charge is -1.99. The van der Waals surface area contributed by atoms with E-state index in [2.05, 4.69) is 20.7 Å². The molecule has 2 aromatic rings. The van der Waals surface area contributed by atoms with Crippen LogP contribution in [0.4, 0.5) is 5.95 Å². The van der Waals surface area contributed by atoms with Gasteiger partial charge < -0.3 is 10.6 Å². The first-order valence-corrected chi connectivity index (χ1v) is 5.53. The van der Waals surface area contributed by atoms with E-state index in [4.69, 9.17) is 11.6 Å². The summed E-state index contributed by atoms with van der Waals surface area (Å²) in [7, 11) is 1.60. The molecule has 0 unspecified atom stereocenters. The Hall–Kier alpha value is -1.82. The standard InChI is InChI=1S/C10H12ClN5O/c1-12-9(17)4-5-13-10-14-8-3-2-7(11)6-16(8)15-10/h2-3,6H,4-5H2,1H3,(H,12,17)(H,13,15). The van der Waals surface area contributed by atoms with Crippen molar-refractivity contribution >= 4 is 29.1 Å². The fourth-order valence-electron chi connectivity index (χ4n) is 1.35. The summed E-state index contributed by atoms with van der Waals surface area (Å²) < 4.78 is 1.59. The van der Waals surface area contributed by atoms with Gasteiger partial charge in [0.15, 0.2) is 5.65 Å². The normalized spacial score (nSPS) is 10.5. The van der Waals surface area contributed by atoms with Crippen LogP contribution < -0.4 is 10.6 Å². The smallest absolute Gasteiger partial charge is 0.243 e. The van der Waals surface area contributed by atoms with E-state index >= 15 is 0 Å². The molecule has 0 aromatic carbocycles. The number of aromatic nitrogens is 3. The minimum atomic E-state index is -0.0238. The molecule has 6 nitrogen and oxygen atoms in total. The molecule has 0 atom stereocenters. The van der Waals surface area contributed by atoms with Gasteiger partial charge in [0, 0.05) is 26.2 Å². The Morgan fingerprint density at radius 2 is 2.35 bits per heavy atom. The molecular weight excluding hydrogens is 242 g/mol. The molecule has 7 heteroatoms. The van der Waals surface area contributed by atoms with Gasteiger partial charge in [-0.3, -0.25) is 4.79 Å². The Balaban J connectivity index is 2.02. The minimum absolute atomic E-state index is 0.0238. The van der Waals surface area contributed by atoms with Crippen molar-refractivity contribution in [3.8, 4) is 0 Å². The highest BCUT2D eigenvalue weighted by Crippen LogP contribution is 2.11. The molecule has 0 saturated carbocycles. The average Bonchev–Trinajstić information content (AvgIpc) is 2.70. The van der Waals surface area contributed by atoms with Gasteiger partial charge in [-0.1, -0.05) is 11.6 Å². The summed E-state index contributed by atoms with van der Waals surface area (Å²) in [6.45, 7) is 0.490. The Kier molecular flexibility index (Phi) is 3.43. The van der Waals surface area contributed by atoms with Crippen LogP contribution in [0.1, 0.15) is 6.42 Å². The lowest BCUT2D eigenvalue weighted by atomic mass is 10.4. The molecule has 1 amide bonds. The third-order valence-corrected chi connectivity index (χ3v) is 2.43. The van der Waals surface area contributed by atoms with Crippen LogP contribution in [0.2, 0.25) is 5.02 Å². The first-order valence-electron chi connectivity index (χ1n) is 5.15. The van der Waals surface area contributed by atoms with Crippen molar-refractivity contribution in [2.45, 2.75) is 6.42 Å². The van der Waals surface area contributed by atoms with Crippen molar-refractivity contribution in [3.05, 3.63) is 23.4 Å². The Morgan fingerprint density at radius 3 is 3.12 bits per heavy atom.